The molecule has 0 amide bonds. The Morgan fingerprint density at radius 2 is 1.68 bits per heavy atom. The maximum atomic E-state index is 12.5. The minimum Gasteiger partial charge on any atom is -0.492 e. The molecule has 2 aliphatic heterocycles. The number of nitrogens with zero attached hydrogens (tertiary/aromatic N) is 4. The van der Waals surface area contributed by atoms with E-state index in [1.54, 1.807) is 19.2 Å². The number of piperidine rings is 1. The van der Waals surface area contributed by atoms with Gasteiger partial charge in [-0.25, -0.2) is 0 Å². The largest absolute Gasteiger partial charge is 0.492 e. The number of rotatable bonds is 17. The number of ether oxygens (including phenoxy) is 4. The molecule has 1 aromatic heterocycles. The van der Waals surface area contributed by atoms with Gasteiger partial charge in [0.1, 0.15) is 41.9 Å². The number of aliphatic hydroxyl groups excluding tert-OH is 1. The summed E-state index contributed by atoms with van der Waals surface area (Å²) < 4.78 is 24.2. The van der Waals surface area contributed by atoms with Crippen LogP contribution in [0.1, 0.15) is 66.8 Å². The maximum absolute atomic E-state index is 12.5. The molecule has 59 heavy (non-hydrogen) atoms. The predicted molar refractivity (Wildman–Crippen MR) is 226 cm³/mol. The van der Waals surface area contributed by atoms with Crippen LogP contribution in [0.15, 0.2) is 67.0 Å². The Labute approximate surface area is 356 Å². The average molecular weight is 848 g/mol. The summed E-state index contributed by atoms with van der Waals surface area (Å²) >= 11 is 13.9. The molecule has 2 saturated heterocycles. The molecule has 3 aromatic carbocycles. The molecule has 2 aliphatic rings. The van der Waals surface area contributed by atoms with Crippen LogP contribution in [0.3, 0.4) is 0 Å². The van der Waals surface area contributed by atoms with E-state index in [1.807, 2.05) is 48.5 Å². The fourth-order valence-corrected chi connectivity index (χ4v) is 8.00. The molecule has 0 spiro atoms. The number of hydrogen-bond acceptors (Lipinski definition) is 11. The molecule has 0 radical (unpaired) electrons. The van der Waals surface area contributed by atoms with Crippen LogP contribution in [0.2, 0.25) is 10.0 Å². The van der Waals surface area contributed by atoms with Crippen molar-refractivity contribution in [3.63, 3.8) is 0 Å². The first-order valence-electron chi connectivity index (χ1n) is 19.9. The summed E-state index contributed by atoms with van der Waals surface area (Å²) in [5.74, 6) is 1.47. The maximum Gasteiger partial charge on any atom is 0.315 e. The third kappa shape index (κ3) is 12.1. The fraction of sp³-hybridized carbons (Fsp3) is 0.422. The first kappa shape index (κ1) is 45.2. The summed E-state index contributed by atoms with van der Waals surface area (Å²) in [6, 6.07) is 19.6. The number of esters is 1. The molecule has 14 heteroatoms. The number of aliphatic hydroxyl groups is 1. The van der Waals surface area contributed by atoms with E-state index in [-0.39, 0.29) is 32.3 Å². The highest BCUT2D eigenvalue weighted by Gasteiger charge is 2.45. The Morgan fingerprint density at radius 1 is 0.932 bits per heavy atom. The standard InChI is InChI=1S/C44H50Cl2N4O6.CH2O2/c1-3-53-43(52)44(30-51)14-18-50(29-44)17-9-19-54-39-13-8-12-37(42(39)46)36-11-7-10-34(31(36)2)28-56-41-22-40(55-27-33-20-32(23-47)24-48-25-33)35(21-38(41)45)26-49-15-5-4-6-16-49;2-1-3/h7-8,10-13,20-22,24-25,51H,3-6,9,14-19,26-30H2,1-2H3;1H,(H,2,3). The number of pyridine rings is 1. The van der Waals surface area contributed by atoms with E-state index in [1.165, 1.54) is 25.5 Å². The molecule has 0 bridgehead atoms. The number of carbonyl (C=O) groups is 2. The Bertz CT molecular complexity index is 2070. The van der Waals surface area contributed by atoms with Gasteiger partial charge in [-0.1, -0.05) is 60.0 Å². The number of halogens is 2. The number of aromatic nitrogens is 1. The molecule has 4 aromatic rings. The van der Waals surface area contributed by atoms with Crippen molar-refractivity contribution in [3.8, 4) is 34.4 Å². The Kier molecular flexibility index (Phi) is 17.2. The van der Waals surface area contributed by atoms with Crippen LogP contribution in [0, 0.1) is 23.7 Å². The number of carboxylic acid groups (broad SMARTS) is 1. The van der Waals surface area contributed by atoms with Gasteiger partial charge in [0.05, 0.1) is 35.4 Å². The van der Waals surface area contributed by atoms with Crippen molar-refractivity contribution in [2.24, 2.45) is 5.41 Å². The summed E-state index contributed by atoms with van der Waals surface area (Å²) in [6.45, 7) is 9.34. The summed E-state index contributed by atoms with van der Waals surface area (Å²) in [6.07, 6.45) is 8.14. The quantitative estimate of drug-likeness (QED) is 0.0600. The summed E-state index contributed by atoms with van der Waals surface area (Å²) in [7, 11) is 0. The zero-order chi connectivity index (χ0) is 42.2. The topological polar surface area (TPSA) is 155 Å². The third-order valence-corrected chi connectivity index (χ3v) is 11.4. The van der Waals surface area contributed by atoms with E-state index in [2.05, 4.69) is 27.8 Å². The monoisotopic (exact) mass is 846 g/mol. The van der Waals surface area contributed by atoms with Crippen LogP contribution >= 0.6 is 23.2 Å². The van der Waals surface area contributed by atoms with Gasteiger partial charge in [0, 0.05) is 54.8 Å². The second-order valence-electron chi connectivity index (χ2n) is 14.7. The highest BCUT2D eigenvalue weighted by Crippen LogP contribution is 2.39. The lowest BCUT2D eigenvalue weighted by Gasteiger charge is -2.27. The second kappa shape index (κ2) is 22.5. The summed E-state index contributed by atoms with van der Waals surface area (Å²) in [4.78, 5) is 29.6. The minimum atomic E-state index is -0.849. The van der Waals surface area contributed by atoms with Crippen molar-refractivity contribution in [3.05, 3.63) is 105 Å². The zero-order valence-corrected chi connectivity index (χ0v) is 35.1. The van der Waals surface area contributed by atoms with Crippen LogP contribution in [0.5, 0.6) is 17.2 Å². The molecule has 3 heterocycles. The van der Waals surface area contributed by atoms with E-state index >= 15 is 0 Å². The molecule has 314 valence electrons. The summed E-state index contributed by atoms with van der Waals surface area (Å²) in [5, 5.41) is 27.2. The number of nitriles is 1. The van der Waals surface area contributed by atoms with Gasteiger partial charge >= 0.3 is 5.97 Å². The lowest BCUT2D eigenvalue weighted by molar-refractivity contribution is -0.157. The minimum absolute atomic E-state index is 0.219. The average Bonchev–Trinajstić information content (AvgIpc) is 3.68. The highest BCUT2D eigenvalue weighted by molar-refractivity contribution is 6.35. The van der Waals surface area contributed by atoms with Gasteiger partial charge in [0.15, 0.2) is 0 Å². The predicted octanol–water partition coefficient (Wildman–Crippen LogP) is 8.10. The van der Waals surface area contributed by atoms with Crippen LogP contribution in [0.4, 0.5) is 0 Å². The van der Waals surface area contributed by atoms with Crippen molar-refractivity contribution in [1.29, 1.82) is 5.26 Å². The van der Waals surface area contributed by atoms with Crippen LogP contribution in [-0.2, 0) is 34.1 Å². The van der Waals surface area contributed by atoms with Gasteiger partial charge in [-0.3, -0.25) is 19.5 Å². The van der Waals surface area contributed by atoms with Crippen molar-refractivity contribution >= 4 is 35.6 Å². The Morgan fingerprint density at radius 3 is 2.42 bits per heavy atom. The molecule has 0 saturated carbocycles. The summed E-state index contributed by atoms with van der Waals surface area (Å²) in [5.41, 5.74) is 5.25. The zero-order valence-electron chi connectivity index (χ0n) is 33.6. The molecule has 1 atom stereocenters. The highest BCUT2D eigenvalue weighted by atomic mass is 35.5. The van der Waals surface area contributed by atoms with Gasteiger partial charge in [0.2, 0.25) is 0 Å². The van der Waals surface area contributed by atoms with Crippen LogP contribution in [0.25, 0.3) is 11.1 Å². The van der Waals surface area contributed by atoms with Gasteiger partial charge in [0.25, 0.3) is 6.47 Å². The van der Waals surface area contributed by atoms with E-state index in [9.17, 15) is 15.2 Å². The van der Waals surface area contributed by atoms with Gasteiger partial charge in [-0.05, 0) is 94.1 Å². The molecule has 2 fully saturated rings. The molecular formula is C45H52Cl2N4O8. The van der Waals surface area contributed by atoms with E-state index in [4.69, 9.17) is 52.1 Å². The van der Waals surface area contributed by atoms with Crippen LogP contribution in [-0.4, -0.2) is 90.0 Å². The number of carbonyl (C=O) groups excluding carboxylic acids is 1. The van der Waals surface area contributed by atoms with Crippen molar-refractivity contribution in [2.45, 2.75) is 65.7 Å². The second-order valence-corrected chi connectivity index (χ2v) is 15.5. The van der Waals surface area contributed by atoms with E-state index < -0.39 is 5.41 Å². The Balaban J connectivity index is 0.00000214. The van der Waals surface area contributed by atoms with E-state index in [0.717, 1.165) is 72.5 Å². The van der Waals surface area contributed by atoms with E-state index in [0.29, 0.717) is 59.0 Å². The molecule has 6 rings (SSSR count). The third-order valence-electron chi connectivity index (χ3n) is 10.7. The lowest BCUT2D eigenvalue weighted by atomic mass is 9.88. The molecule has 0 aliphatic carbocycles. The smallest absolute Gasteiger partial charge is 0.315 e. The molecule has 2 N–H and O–H groups in total. The van der Waals surface area contributed by atoms with Gasteiger partial charge in [-0.2, -0.15) is 5.26 Å². The van der Waals surface area contributed by atoms with Crippen LogP contribution < -0.4 is 14.2 Å². The Hall–Kier alpha value is -4.90. The first-order valence-corrected chi connectivity index (χ1v) is 20.6. The lowest BCUT2D eigenvalue weighted by Crippen LogP contribution is -2.39. The normalized spacial score (nSPS) is 16.7. The van der Waals surface area contributed by atoms with Crippen molar-refractivity contribution < 1.29 is 38.7 Å². The molecule has 1 unspecified atom stereocenters. The fourth-order valence-electron chi connectivity index (χ4n) is 7.47. The van der Waals surface area contributed by atoms with Crippen molar-refractivity contribution in [1.82, 2.24) is 14.8 Å². The molecule has 12 nitrogen and oxygen atoms in total. The number of likely N-dealkylation sites (tertiary alicyclic amines) is 2. The van der Waals surface area contributed by atoms with Crippen molar-refractivity contribution in [2.75, 3.05) is 52.5 Å². The number of hydrogen-bond donors (Lipinski definition) is 2. The van der Waals surface area contributed by atoms with Gasteiger partial charge < -0.3 is 34.1 Å². The van der Waals surface area contributed by atoms with Gasteiger partial charge in [-0.15, -0.1) is 0 Å². The first-order chi connectivity index (χ1) is 28.6. The number of benzene rings is 3. The SMILES string of the molecule is CCOC(=O)C1(CO)CCN(CCCOc2cccc(-c3cccc(COc4cc(OCc5cncc(C#N)c5)c(CN5CCCCC5)cc4Cl)c3C)c2Cl)C1.O=CO. The molecular weight excluding hydrogens is 795 g/mol.